The molecule has 0 saturated carbocycles. The topological polar surface area (TPSA) is 64.9 Å². The highest BCUT2D eigenvalue weighted by Gasteiger charge is 2.05. The van der Waals surface area contributed by atoms with Gasteiger partial charge in [0.15, 0.2) is 5.82 Å². The van der Waals surface area contributed by atoms with Crippen molar-refractivity contribution in [1.29, 1.82) is 0 Å². The van der Waals surface area contributed by atoms with Crippen LogP contribution >= 0.6 is 0 Å². The fourth-order valence-electron chi connectivity index (χ4n) is 2.04. The second-order valence-electron chi connectivity index (χ2n) is 4.43. The molecule has 6 nitrogen and oxygen atoms in total. The first kappa shape index (κ1) is 12.4. The maximum Gasteiger partial charge on any atom is 0.169 e. The van der Waals surface area contributed by atoms with Gasteiger partial charge in [0, 0.05) is 18.6 Å². The summed E-state index contributed by atoms with van der Waals surface area (Å²) in [5.74, 6) is 2.34. The van der Waals surface area contributed by atoms with Crippen molar-refractivity contribution in [2.45, 2.75) is 6.54 Å². The van der Waals surface area contributed by atoms with Crippen LogP contribution in [0.2, 0.25) is 0 Å². The van der Waals surface area contributed by atoms with E-state index in [1.54, 1.807) is 24.3 Å². The molecule has 0 amide bonds. The Balaban J connectivity index is 1.90. The molecular formula is C14H15N5O. The maximum atomic E-state index is 5.26. The number of nitrogens with zero attached hydrogens (tertiary/aromatic N) is 4. The van der Waals surface area contributed by atoms with Crippen LogP contribution in [0.15, 0.2) is 36.8 Å². The Bertz CT molecular complexity index is 737. The van der Waals surface area contributed by atoms with E-state index >= 15 is 0 Å². The van der Waals surface area contributed by atoms with Crippen LogP contribution in [0.3, 0.4) is 0 Å². The Hall–Kier alpha value is -2.63. The van der Waals surface area contributed by atoms with Crippen LogP contribution < -0.4 is 10.1 Å². The first-order chi connectivity index (χ1) is 9.76. The van der Waals surface area contributed by atoms with Gasteiger partial charge in [0.1, 0.15) is 17.9 Å². The highest BCUT2D eigenvalue weighted by Crippen LogP contribution is 2.25. The number of nitrogens with one attached hydrogen (secondary N) is 1. The summed E-state index contributed by atoms with van der Waals surface area (Å²) in [5.41, 5.74) is 0. The number of aromatic nitrogens is 4. The quantitative estimate of drug-likeness (QED) is 0.784. The summed E-state index contributed by atoms with van der Waals surface area (Å²) >= 11 is 0. The molecule has 0 radical (unpaired) electrons. The van der Waals surface area contributed by atoms with Gasteiger partial charge in [0.2, 0.25) is 0 Å². The van der Waals surface area contributed by atoms with Crippen molar-refractivity contribution in [2.24, 2.45) is 7.05 Å². The summed E-state index contributed by atoms with van der Waals surface area (Å²) in [7, 11) is 3.50. The molecule has 0 atom stereocenters. The molecule has 0 aliphatic carbocycles. The average Bonchev–Trinajstić information content (AvgIpc) is 2.90. The molecule has 2 aromatic heterocycles. The van der Waals surface area contributed by atoms with Gasteiger partial charge in [-0.05, 0) is 23.6 Å². The van der Waals surface area contributed by atoms with Crippen molar-refractivity contribution in [3.8, 4) is 5.75 Å². The molecule has 3 aromatic rings. The van der Waals surface area contributed by atoms with E-state index in [2.05, 4.69) is 20.4 Å². The zero-order valence-electron chi connectivity index (χ0n) is 11.4. The average molecular weight is 269 g/mol. The van der Waals surface area contributed by atoms with E-state index in [0.717, 1.165) is 28.2 Å². The minimum absolute atomic E-state index is 0.532. The summed E-state index contributed by atoms with van der Waals surface area (Å²) in [6.45, 7) is 0.532. The fraction of sp³-hybridized carbons (Fsp3) is 0.214. The largest absolute Gasteiger partial charge is 0.497 e. The third-order valence-corrected chi connectivity index (χ3v) is 3.03. The molecule has 1 N–H and O–H groups in total. The SMILES string of the molecule is COc1ccc2ccnc(NCc3ncn(C)n3)c2c1. The molecule has 0 fully saturated rings. The molecule has 6 heteroatoms. The van der Waals surface area contributed by atoms with Gasteiger partial charge >= 0.3 is 0 Å². The zero-order chi connectivity index (χ0) is 13.9. The lowest BCUT2D eigenvalue weighted by Gasteiger charge is -2.08. The first-order valence-electron chi connectivity index (χ1n) is 6.27. The zero-order valence-corrected chi connectivity index (χ0v) is 11.4. The molecule has 102 valence electrons. The number of hydrogen-bond acceptors (Lipinski definition) is 5. The Morgan fingerprint density at radius 2 is 2.15 bits per heavy atom. The molecule has 0 unspecified atom stereocenters. The van der Waals surface area contributed by atoms with Gasteiger partial charge in [-0.15, -0.1) is 0 Å². The maximum absolute atomic E-state index is 5.26. The van der Waals surface area contributed by atoms with E-state index in [-0.39, 0.29) is 0 Å². The Morgan fingerprint density at radius 3 is 2.90 bits per heavy atom. The van der Waals surface area contributed by atoms with E-state index in [1.165, 1.54) is 0 Å². The number of hydrogen-bond donors (Lipinski definition) is 1. The second kappa shape index (κ2) is 5.16. The molecular weight excluding hydrogens is 254 g/mol. The lowest BCUT2D eigenvalue weighted by molar-refractivity contribution is 0.415. The first-order valence-corrected chi connectivity index (χ1v) is 6.27. The van der Waals surface area contributed by atoms with Crippen molar-refractivity contribution in [3.05, 3.63) is 42.6 Å². The normalized spacial score (nSPS) is 10.7. The molecule has 1 aromatic carbocycles. The van der Waals surface area contributed by atoms with Gasteiger partial charge < -0.3 is 10.1 Å². The van der Waals surface area contributed by atoms with Crippen LogP contribution in [-0.4, -0.2) is 26.9 Å². The number of benzene rings is 1. The summed E-state index contributed by atoms with van der Waals surface area (Å²) in [6, 6.07) is 7.89. The summed E-state index contributed by atoms with van der Waals surface area (Å²) in [5, 5.41) is 9.62. The lowest BCUT2D eigenvalue weighted by Crippen LogP contribution is -2.04. The predicted octanol–water partition coefficient (Wildman–Crippen LogP) is 1.98. The molecule has 3 rings (SSSR count). The van der Waals surface area contributed by atoms with Gasteiger partial charge in [-0.3, -0.25) is 4.68 Å². The van der Waals surface area contributed by atoms with Crippen LogP contribution in [0, 0.1) is 0 Å². The monoisotopic (exact) mass is 269 g/mol. The van der Waals surface area contributed by atoms with Crippen molar-refractivity contribution < 1.29 is 4.74 Å². The number of pyridine rings is 1. The third kappa shape index (κ3) is 2.40. The van der Waals surface area contributed by atoms with Gasteiger partial charge in [0.05, 0.1) is 13.7 Å². The molecule has 0 bridgehead atoms. The van der Waals surface area contributed by atoms with Crippen LogP contribution in [0.5, 0.6) is 5.75 Å². The highest BCUT2D eigenvalue weighted by molar-refractivity contribution is 5.92. The van der Waals surface area contributed by atoms with Crippen LogP contribution in [0.1, 0.15) is 5.82 Å². The summed E-state index contributed by atoms with van der Waals surface area (Å²) in [6.07, 6.45) is 3.46. The number of rotatable bonds is 4. The molecule has 2 heterocycles. The number of fused-ring (bicyclic) bond motifs is 1. The smallest absolute Gasteiger partial charge is 0.169 e. The van der Waals surface area contributed by atoms with Gasteiger partial charge in [-0.2, -0.15) is 5.10 Å². The van der Waals surface area contributed by atoms with Crippen molar-refractivity contribution in [2.75, 3.05) is 12.4 Å². The minimum Gasteiger partial charge on any atom is -0.497 e. The van der Waals surface area contributed by atoms with Gasteiger partial charge in [-0.1, -0.05) is 6.07 Å². The predicted molar refractivity (Wildman–Crippen MR) is 76.6 cm³/mol. The van der Waals surface area contributed by atoms with Gasteiger partial charge in [-0.25, -0.2) is 9.97 Å². The van der Waals surface area contributed by atoms with Crippen LogP contribution in [0.25, 0.3) is 10.8 Å². The van der Waals surface area contributed by atoms with E-state index < -0.39 is 0 Å². The molecule has 0 aliphatic rings. The minimum atomic E-state index is 0.532. The molecule has 0 aliphatic heterocycles. The Kier molecular flexibility index (Phi) is 3.20. The van der Waals surface area contributed by atoms with E-state index in [4.69, 9.17) is 4.74 Å². The van der Waals surface area contributed by atoms with Gasteiger partial charge in [0.25, 0.3) is 0 Å². The van der Waals surface area contributed by atoms with E-state index in [0.29, 0.717) is 6.54 Å². The Morgan fingerprint density at radius 1 is 1.25 bits per heavy atom. The standard InChI is InChI=1S/C14H15N5O/c1-19-9-17-13(18-19)8-16-14-12-7-11(20-2)4-3-10(12)5-6-15-14/h3-7,9H,8H2,1-2H3,(H,15,16). The van der Waals surface area contributed by atoms with Crippen molar-refractivity contribution >= 4 is 16.6 Å². The van der Waals surface area contributed by atoms with Crippen molar-refractivity contribution in [3.63, 3.8) is 0 Å². The fourth-order valence-corrected chi connectivity index (χ4v) is 2.04. The molecule has 20 heavy (non-hydrogen) atoms. The lowest BCUT2D eigenvalue weighted by atomic mass is 10.1. The number of ether oxygens (including phenoxy) is 1. The number of aryl methyl sites for hydroxylation is 1. The number of anilines is 1. The van der Waals surface area contributed by atoms with Crippen LogP contribution in [0.4, 0.5) is 5.82 Å². The van der Waals surface area contributed by atoms with Crippen molar-refractivity contribution in [1.82, 2.24) is 19.7 Å². The van der Waals surface area contributed by atoms with E-state index in [9.17, 15) is 0 Å². The summed E-state index contributed by atoms with van der Waals surface area (Å²) < 4.78 is 6.94. The van der Waals surface area contributed by atoms with Crippen LogP contribution in [-0.2, 0) is 13.6 Å². The molecule has 0 spiro atoms. The van der Waals surface area contributed by atoms with E-state index in [1.807, 2.05) is 31.3 Å². The second-order valence-corrected chi connectivity index (χ2v) is 4.43. The summed E-state index contributed by atoms with van der Waals surface area (Å²) in [4.78, 5) is 8.56. The Labute approximate surface area is 116 Å². The third-order valence-electron chi connectivity index (χ3n) is 3.03. The number of methoxy groups -OCH3 is 1. The highest BCUT2D eigenvalue weighted by atomic mass is 16.5. The molecule has 0 saturated heterocycles.